The van der Waals surface area contributed by atoms with Gasteiger partial charge in [-0.15, -0.1) is 6.58 Å². The highest BCUT2D eigenvalue weighted by Crippen LogP contribution is 2.60. The number of ether oxygens (including phenoxy) is 2. The van der Waals surface area contributed by atoms with E-state index in [1.807, 2.05) is 20.8 Å². The van der Waals surface area contributed by atoms with Crippen molar-refractivity contribution < 1.29 is 29.0 Å². The minimum absolute atomic E-state index is 0.119. The zero-order chi connectivity index (χ0) is 23.1. The van der Waals surface area contributed by atoms with Gasteiger partial charge in [0.1, 0.15) is 11.6 Å². The first-order valence-electron chi connectivity index (χ1n) is 11.0. The molecule has 3 aliphatic heterocycles. The number of carbonyl (C=O) groups is 3. The van der Waals surface area contributed by atoms with Crippen LogP contribution in [0.15, 0.2) is 12.7 Å². The fourth-order valence-electron chi connectivity index (χ4n) is 5.51. The first kappa shape index (κ1) is 24.2. The third-order valence-corrected chi connectivity index (χ3v) is 7.67. The quantitative estimate of drug-likeness (QED) is 0.292. The first-order valence-corrected chi connectivity index (χ1v) is 11.9. The summed E-state index contributed by atoms with van der Waals surface area (Å²) in [4.78, 5) is 43.5. The Morgan fingerprint density at radius 2 is 2.13 bits per heavy atom. The second-order valence-corrected chi connectivity index (χ2v) is 9.95. The van der Waals surface area contributed by atoms with Gasteiger partial charge in [-0.05, 0) is 33.6 Å². The zero-order valence-corrected chi connectivity index (χ0v) is 20.2. The summed E-state index contributed by atoms with van der Waals surface area (Å²) in [7, 11) is 0. The van der Waals surface area contributed by atoms with Crippen LogP contribution in [0.25, 0.3) is 0 Å². The molecule has 1 spiro atoms. The summed E-state index contributed by atoms with van der Waals surface area (Å²) in [5.41, 5.74) is -1.14. The van der Waals surface area contributed by atoms with Crippen LogP contribution >= 0.6 is 15.9 Å². The molecular weight excluding hydrogens is 468 g/mol. The average molecular weight is 501 g/mol. The van der Waals surface area contributed by atoms with E-state index in [0.29, 0.717) is 19.4 Å². The van der Waals surface area contributed by atoms with Gasteiger partial charge in [-0.25, -0.2) is 0 Å². The number of alkyl halides is 1. The summed E-state index contributed by atoms with van der Waals surface area (Å²) in [6.07, 6.45) is 2.02. The molecule has 2 bridgehead atoms. The van der Waals surface area contributed by atoms with Crippen molar-refractivity contribution in [2.75, 3.05) is 19.8 Å². The molecule has 0 saturated carbocycles. The summed E-state index contributed by atoms with van der Waals surface area (Å²) >= 11 is 3.62. The number of aliphatic hydroxyl groups excluding tert-OH is 1. The highest BCUT2D eigenvalue weighted by molar-refractivity contribution is 9.09. The molecule has 3 rings (SSSR count). The molecule has 31 heavy (non-hydrogen) atoms. The van der Waals surface area contributed by atoms with Gasteiger partial charge in [-0.1, -0.05) is 28.9 Å². The van der Waals surface area contributed by atoms with Crippen LogP contribution in [0.1, 0.15) is 40.5 Å². The molecule has 0 aromatic carbocycles. The van der Waals surface area contributed by atoms with E-state index in [1.54, 1.807) is 17.9 Å². The van der Waals surface area contributed by atoms with Crippen LogP contribution in [0.5, 0.6) is 0 Å². The van der Waals surface area contributed by atoms with Gasteiger partial charge < -0.3 is 24.4 Å². The number of nitrogens with zero attached hydrogens (tertiary/aromatic N) is 2. The van der Waals surface area contributed by atoms with Gasteiger partial charge in [0.05, 0.1) is 37.2 Å². The zero-order valence-electron chi connectivity index (χ0n) is 18.6. The summed E-state index contributed by atoms with van der Waals surface area (Å²) in [6, 6.07) is -1.58. The van der Waals surface area contributed by atoms with Crippen LogP contribution in [0.4, 0.5) is 0 Å². The highest BCUT2D eigenvalue weighted by Gasteiger charge is 2.77. The number of hydrogen-bond donors (Lipinski definition) is 1. The smallest absolute Gasteiger partial charge is 0.312 e. The molecule has 3 heterocycles. The number of amides is 2. The van der Waals surface area contributed by atoms with E-state index in [-0.39, 0.29) is 35.9 Å². The van der Waals surface area contributed by atoms with Gasteiger partial charge in [0.2, 0.25) is 11.8 Å². The van der Waals surface area contributed by atoms with E-state index < -0.39 is 41.6 Å². The molecule has 3 aliphatic rings. The SMILES string of the molecule is C=CCN(C(=O)C1N([C@@H](CC)CO)C(=O)[C@@H]2[C@H](C(=O)OCC)[C@H]3OC12CC3Br)C(C)C. The van der Waals surface area contributed by atoms with Crippen molar-refractivity contribution in [1.29, 1.82) is 0 Å². The van der Waals surface area contributed by atoms with Crippen LogP contribution < -0.4 is 0 Å². The van der Waals surface area contributed by atoms with Crippen molar-refractivity contribution in [3.05, 3.63) is 12.7 Å². The Bertz CT molecular complexity index is 742. The minimum Gasteiger partial charge on any atom is -0.466 e. The Balaban J connectivity index is 2.13. The van der Waals surface area contributed by atoms with E-state index in [0.717, 1.165) is 0 Å². The maximum absolute atomic E-state index is 13.9. The molecule has 2 amide bonds. The van der Waals surface area contributed by atoms with E-state index >= 15 is 0 Å². The standard InChI is InChI=1S/C22H33BrN2O6/c1-6-9-24(12(4)5)20(28)18-22-10-14(23)17(31-22)15(21(29)30-8-3)16(22)19(27)25(18)13(7-2)11-26/h6,12-18,26H,1,7-11H2,2-5H3/t13-,14?,15-,16-,17-,18?,22?/m0/s1. The van der Waals surface area contributed by atoms with Crippen molar-refractivity contribution in [3.8, 4) is 0 Å². The van der Waals surface area contributed by atoms with Crippen LogP contribution in [0, 0.1) is 11.8 Å². The number of esters is 1. The maximum Gasteiger partial charge on any atom is 0.312 e. The van der Waals surface area contributed by atoms with Crippen LogP contribution in [0.3, 0.4) is 0 Å². The van der Waals surface area contributed by atoms with Crippen LogP contribution in [0.2, 0.25) is 0 Å². The van der Waals surface area contributed by atoms with Crippen molar-refractivity contribution in [2.24, 2.45) is 11.8 Å². The van der Waals surface area contributed by atoms with Gasteiger partial charge in [0, 0.05) is 17.4 Å². The molecule has 7 atom stereocenters. The molecule has 1 N–H and O–H groups in total. The lowest BCUT2D eigenvalue weighted by molar-refractivity contribution is -0.156. The van der Waals surface area contributed by atoms with Crippen LogP contribution in [-0.2, 0) is 23.9 Å². The number of rotatable bonds is 9. The molecular formula is C22H33BrN2O6. The van der Waals surface area contributed by atoms with Crippen molar-refractivity contribution in [1.82, 2.24) is 9.80 Å². The van der Waals surface area contributed by atoms with Gasteiger partial charge in [-0.3, -0.25) is 14.4 Å². The third kappa shape index (κ3) is 3.62. The predicted octanol–water partition coefficient (Wildman–Crippen LogP) is 1.49. The molecule has 8 nitrogen and oxygen atoms in total. The lowest BCUT2D eigenvalue weighted by Gasteiger charge is -2.40. The maximum atomic E-state index is 13.9. The summed E-state index contributed by atoms with van der Waals surface area (Å²) in [5, 5.41) is 10.0. The van der Waals surface area contributed by atoms with E-state index in [1.165, 1.54) is 4.90 Å². The third-order valence-electron chi connectivity index (χ3n) is 6.83. The lowest BCUT2D eigenvalue weighted by Crippen LogP contribution is -2.59. The molecule has 3 saturated heterocycles. The molecule has 0 aromatic heterocycles. The largest absolute Gasteiger partial charge is 0.466 e. The Labute approximate surface area is 192 Å². The monoisotopic (exact) mass is 500 g/mol. The highest BCUT2D eigenvalue weighted by atomic mass is 79.9. The summed E-state index contributed by atoms with van der Waals surface area (Å²) in [6.45, 7) is 11.4. The Hall–Kier alpha value is -1.45. The fourth-order valence-corrected chi connectivity index (χ4v) is 6.46. The predicted molar refractivity (Wildman–Crippen MR) is 117 cm³/mol. The number of likely N-dealkylation sites (tertiary alicyclic amines) is 1. The number of halogens is 1. The number of aliphatic hydroxyl groups is 1. The topological polar surface area (TPSA) is 96.4 Å². The van der Waals surface area contributed by atoms with Gasteiger partial charge in [0.25, 0.3) is 0 Å². The number of fused-ring (bicyclic) bond motifs is 1. The average Bonchev–Trinajstić information content (AvgIpc) is 3.31. The Morgan fingerprint density at radius 1 is 1.45 bits per heavy atom. The molecule has 0 aliphatic carbocycles. The number of hydrogen-bond acceptors (Lipinski definition) is 6. The van der Waals surface area contributed by atoms with Crippen LogP contribution in [-0.4, -0.2) is 87.1 Å². The van der Waals surface area contributed by atoms with Crippen molar-refractivity contribution in [3.63, 3.8) is 0 Å². The molecule has 174 valence electrons. The van der Waals surface area contributed by atoms with Gasteiger partial charge in [-0.2, -0.15) is 0 Å². The van der Waals surface area contributed by atoms with E-state index in [9.17, 15) is 19.5 Å². The normalized spacial score (nSPS) is 34.7. The molecule has 3 fully saturated rings. The molecule has 9 heteroatoms. The Kier molecular flexibility index (Phi) is 7.18. The summed E-state index contributed by atoms with van der Waals surface area (Å²) < 4.78 is 11.7. The first-order chi connectivity index (χ1) is 14.7. The van der Waals surface area contributed by atoms with Gasteiger partial charge >= 0.3 is 5.97 Å². The molecule has 0 aromatic rings. The molecule has 3 unspecified atom stereocenters. The van der Waals surface area contributed by atoms with Gasteiger partial charge in [0.15, 0.2) is 0 Å². The molecule has 0 radical (unpaired) electrons. The van der Waals surface area contributed by atoms with Crippen molar-refractivity contribution >= 4 is 33.7 Å². The van der Waals surface area contributed by atoms with Crippen molar-refractivity contribution in [2.45, 2.75) is 75.2 Å². The second-order valence-electron chi connectivity index (χ2n) is 8.78. The number of carbonyl (C=O) groups excluding carboxylic acids is 3. The second kappa shape index (κ2) is 9.19. The Morgan fingerprint density at radius 3 is 2.65 bits per heavy atom. The minimum atomic E-state index is -1.14. The van der Waals surface area contributed by atoms with E-state index in [4.69, 9.17) is 9.47 Å². The summed E-state index contributed by atoms with van der Waals surface area (Å²) in [5.74, 6) is -2.63. The lowest BCUT2D eigenvalue weighted by atomic mass is 9.70. The van der Waals surface area contributed by atoms with E-state index in [2.05, 4.69) is 22.5 Å². The fraction of sp³-hybridized carbons (Fsp3) is 0.773.